The van der Waals surface area contributed by atoms with E-state index in [4.69, 9.17) is 4.18 Å². The summed E-state index contributed by atoms with van der Waals surface area (Å²) in [6.45, 7) is 9.35. The summed E-state index contributed by atoms with van der Waals surface area (Å²) in [4.78, 5) is 4.59. The highest BCUT2D eigenvalue weighted by molar-refractivity contribution is 8.72. The Hall–Kier alpha value is -2.30. The van der Waals surface area contributed by atoms with Crippen LogP contribution in [0.2, 0.25) is 0 Å². The van der Waals surface area contributed by atoms with Crippen molar-refractivity contribution in [3.8, 4) is 5.75 Å². The molecule has 3 aromatic rings. The molecular formula is C22H26N2O5S3. The summed E-state index contributed by atoms with van der Waals surface area (Å²) >= 11 is 0. The Balaban J connectivity index is 2.05. The smallest absolute Gasteiger partial charge is 0.373 e. The molecule has 0 saturated carbocycles. The maximum atomic E-state index is 13.0. The van der Waals surface area contributed by atoms with Crippen LogP contribution in [0.1, 0.15) is 37.5 Å². The van der Waals surface area contributed by atoms with E-state index >= 15 is 0 Å². The number of aryl methyl sites for hydroxylation is 3. The summed E-state index contributed by atoms with van der Waals surface area (Å²) in [5.74, 6) is 0.134. The van der Waals surface area contributed by atoms with E-state index in [1.165, 1.54) is 17.0 Å². The summed E-state index contributed by atoms with van der Waals surface area (Å²) in [7, 11) is -5.52. The van der Waals surface area contributed by atoms with E-state index in [1.54, 1.807) is 50.4 Å². The van der Waals surface area contributed by atoms with Crippen molar-refractivity contribution < 1.29 is 21.0 Å². The molecule has 0 unspecified atom stereocenters. The predicted octanol–water partition coefficient (Wildman–Crippen LogP) is 4.58. The second-order valence-electron chi connectivity index (χ2n) is 8.57. The van der Waals surface area contributed by atoms with Crippen molar-refractivity contribution in [2.75, 3.05) is 0 Å². The normalized spacial score (nSPS) is 12.7. The first-order chi connectivity index (χ1) is 14.7. The van der Waals surface area contributed by atoms with Crippen molar-refractivity contribution in [1.82, 2.24) is 9.55 Å². The van der Waals surface area contributed by atoms with E-state index in [2.05, 4.69) is 4.98 Å². The summed E-state index contributed by atoms with van der Waals surface area (Å²) < 4.78 is 58.3. The molecule has 10 heteroatoms. The largest absolute Gasteiger partial charge is 0.377 e. The Bertz CT molecular complexity index is 1350. The molecule has 3 rings (SSSR count). The molecule has 2 aromatic carbocycles. The maximum Gasteiger partial charge on any atom is 0.373 e. The van der Waals surface area contributed by atoms with E-state index < -0.39 is 24.4 Å². The van der Waals surface area contributed by atoms with Gasteiger partial charge in [-0.3, -0.25) is 0 Å². The highest BCUT2D eigenvalue weighted by atomic mass is 33.1. The van der Waals surface area contributed by atoms with Crippen LogP contribution in [0, 0.1) is 13.8 Å². The second-order valence-corrected chi connectivity index (χ2v) is 13.8. The Morgan fingerprint density at radius 1 is 1.00 bits per heavy atom. The fraction of sp³-hybridized carbons (Fsp3) is 0.318. The zero-order chi connectivity index (χ0) is 23.9. The van der Waals surface area contributed by atoms with Gasteiger partial charge in [0, 0.05) is 35.1 Å². The van der Waals surface area contributed by atoms with Crippen molar-refractivity contribution in [3.05, 3.63) is 65.5 Å². The molecule has 0 bridgehead atoms. The standard InChI is InChI=1S/C22H26N2O5S3/c1-15-7-9-17(10-8-15)32(27,28)30-20-13-16(2)19(14-18(20)22(3,4)5)29-31(25,26)21-23-11-12-24(21)6/h7-14H,1-6H3. The number of nitrogens with zero attached hydrogens (tertiary/aromatic N) is 2. The van der Waals surface area contributed by atoms with Crippen LogP contribution in [0.15, 0.2) is 63.7 Å². The first kappa shape index (κ1) is 24.3. The molecule has 0 aliphatic carbocycles. The topological polar surface area (TPSA) is 95.3 Å². The van der Waals surface area contributed by atoms with Gasteiger partial charge in [-0.2, -0.15) is 8.42 Å². The summed E-state index contributed by atoms with van der Waals surface area (Å²) in [6, 6.07) is 9.92. The molecule has 0 radical (unpaired) electrons. The first-order valence-corrected chi connectivity index (χ1v) is 14.0. The minimum absolute atomic E-state index is 0.134. The van der Waals surface area contributed by atoms with Crippen molar-refractivity contribution >= 4 is 29.8 Å². The van der Waals surface area contributed by atoms with Gasteiger partial charge in [0.2, 0.25) is 8.87 Å². The number of benzene rings is 2. The monoisotopic (exact) mass is 494 g/mol. The molecule has 0 N–H and O–H groups in total. The van der Waals surface area contributed by atoms with Crippen LogP contribution in [0.3, 0.4) is 0 Å². The van der Waals surface area contributed by atoms with Crippen LogP contribution in [0.4, 0.5) is 0 Å². The van der Waals surface area contributed by atoms with E-state index in [-0.39, 0.29) is 15.8 Å². The Morgan fingerprint density at radius 3 is 2.16 bits per heavy atom. The van der Waals surface area contributed by atoms with E-state index in [9.17, 15) is 16.8 Å². The number of aromatic nitrogens is 2. The molecule has 172 valence electrons. The van der Waals surface area contributed by atoms with Crippen LogP contribution in [0.25, 0.3) is 0 Å². The minimum atomic E-state index is -4.15. The predicted molar refractivity (Wildman–Crippen MR) is 125 cm³/mol. The van der Waals surface area contributed by atoms with Crippen LogP contribution in [0.5, 0.6) is 5.75 Å². The summed E-state index contributed by atoms with van der Waals surface area (Å²) in [5.41, 5.74) is 1.66. The Morgan fingerprint density at radius 2 is 1.62 bits per heavy atom. The van der Waals surface area contributed by atoms with Gasteiger partial charge < -0.3 is 8.75 Å². The Labute approximate surface area is 193 Å². The SMILES string of the molecule is Cc1ccc(S(=O)(=O)Sc2cc(C)c(OS(=O)(=O)c3nccn3C)cc2C(C)(C)C)cc1. The lowest BCUT2D eigenvalue weighted by Gasteiger charge is -2.24. The van der Waals surface area contributed by atoms with Gasteiger partial charge in [0.05, 0.1) is 4.90 Å². The van der Waals surface area contributed by atoms with Gasteiger partial charge in [-0.25, -0.2) is 13.4 Å². The van der Waals surface area contributed by atoms with Gasteiger partial charge in [-0.1, -0.05) is 38.5 Å². The molecule has 32 heavy (non-hydrogen) atoms. The minimum Gasteiger partial charge on any atom is -0.377 e. The van der Waals surface area contributed by atoms with Gasteiger partial charge in [-0.05, 0) is 54.7 Å². The number of hydrogen-bond donors (Lipinski definition) is 0. The number of hydrogen-bond acceptors (Lipinski definition) is 7. The van der Waals surface area contributed by atoms with Crippen LogP contribution in [-0.2, 0) is 31.5 Å². The maximum absolute atomic E-state index is 13.0. The quantitative estimate of drug-likeness (QED) is 0.365. The van der Waals surface area contributed by atoms with Crippen molar-refractivity contribution in [2.45, 2.75) is 55.0 Å². The average molecular weight is 495 g/mol. The molecule has 0 saturated heterocycles. The second kappa shape index (κ2) is 8.57. The third-order valence-corrected chi connectivity index (χ3v) is 9.39. The molecule has 1 heterocycles. The fourth-order valence-electron chi connectivity index (χ4n) is 3.03. The van der Waals surface area contributed by atoms with Crippen LogP contribution >= 0.6 is 10.8 Å². The van der Waals surface area contributed by atoms with Crippen molar-refractivity contribution in [3.63, 3.8) is 0 Å². The molecular weight excluding hydrogens is 468 g/mol. The molecule has 0 aliphatic heterocycles. The van der Waals surface area contributed by atoms with E-state index in [0.717, 1.165) is 16.4 Å². The fourth-order valence-corrected chi connectivity index (χ4v) is 7.35. The number of imidazole rings is 1. The number of rotatable bonds is 6. The van der Waals surface area contributed by atoms with Gasteiger partial charge >= 0.3 is 10.1 Å². The molecule has 0 fully saturated rings. The van der Waals surface area contributed by atoms with Crippen LogP contribution in [-0.4, -0.2) is 26.4 Å². The van der Waals surface area contributed by atoms with Gasteiger partial charge in [0.25, 0.3) is 5.16 Å². The van der Waals surface area contributed by atoms with Gasteiger partial charge in [0.15, 0.2) is 0 Å². The molecule has 1 aromatic heterocycles. The van der Waals surface area contributed by atoms with Gasteiger partial charge in [0.1, 0.15) is 5.75 Å². The molecule has 7 nitrogen and oxygen atoms in total. The zero-order valence-corrected chi connectivity index (χ0v) is 21.2. The van der Waals surface area contributed by atoms with Crippen LogP contribution < -0.4 is 4.18 Å². The summed E-state index contributed by atoms with van der Waals surface area (Å²) in [6.07, 6.45) is 2.89. The highest BCUT2D eigenvalue weighted by Gasteiger charge is 2.28. The van der Waals surface area contributed by atoms with Crippen molar-refractivity contribution in [1.29, 1.82) is 0 Å². The van der Waals surface area contributed by atoms with Crippen molar-refractivity contribution in [2.24, 2.45) is 7.05 Å². The third-order valence-electron chi connectivity index (χ3n) is 4.79. The lowest BCUT2D eigenvalue weighted by Crippen LogP contribution is -2.17. The highest BCUT2D eigenvalue weighted by Crippen LogP contribution is 2.41. The molecule has 0 amide bonds. The average Bonchev–Trinajstić information content (AvgIpc) is 3.10. The van der Waals surface area contributed by atoms with E-state index in [0.29, 0.717) is 16.0 Å². The molecule has 0 atom stereocenters. The zero-order valence-electron chi connectivity index (χ0n) is 18.8. The molecule has 0 spiro atoms. The summed E-state index contributed by atoms with van der Waals surface area (Å²) in [5, 5.41) is -0.213. The van der Waals surface area contributed by atoms with E-state index in [1.807, 2.05) is 27.7 Å². The lowest BCUT2D eigenvalue weighted by atomic mass is 9.86. The third kappa shape index (κ3) is 5.19. The lowest BCUT2D eigenvalue weighted by molar-refractivity contribution is 0.468. The first-order valence-electron chi connectivity index (χ1n) is 9.79. The van der Waals surface area contributed by atoms with Gasteiger partial charge in [-0.15, -0.1) is 0 Å². The molecule has 0 aliphatic rings. The Kier molecular flexibility index (Phi) is 6.52.